The molecule has 0 spiro atoms. The molecule has 2 N–H and O–H groups in total. The topological polar surface area (TPSA) is 57.5 Å². The summed E-state index contributed by atoms with van der Waals surface area (Å²) in [5.41, 5.74) is 0. The van der Waals surface area contributed by atoms with Gasteiger partial charge in [-0.15, -0.1) is 0 Å². The molecule has 0 radical (unpaired) electrons. The van der Waals surface area contributed by atoms with Crippen LogP contribution in [0.4, 0.5) is 0 Å². The van der Waals surface area contributed by atoms with Crippen LogP contribution in [0.3, 0.4) is 0 Å². The molecule has 2 atom stereocenters. The summed E-state index contributed by atoms with van der Waals surface area (Å²) in [6, 6.07) is 0. The lowest BCUT2D eigenvalue weighted by Crippen LogP contribution is -2.37. The summed E-state index contributed by atoms with van der Waals surface area (Å²) >= 11 is 0. The quantitative estimate of drug-likeness (QED) is 0.491. The first-order chi connectivity index (χ1) is 4.92. The molecular weight excluding hydrogens is 146 g/mol. The zero-order valence-corrected chi connectivity index (χ0v) is 6.82. The van der Waals surface area contributed by atoms with Gasteiger partial charge in [0.1, 0.15) is 18.6 Å². The van der Waals surface area contributed by atoms with Crippen molar-refractivity contribution in [2.24, 2.45) is 5.92 Å². The SMILES string of the molecule is C[N+]1(C)C[C@H](O)[C@H](C(=O)O)C1. The maximum atomic E-state index is 10.5. The minimum atomic E-state index is -0.888. The first-order valence-corrected chi connectivity index (χ1v) is 3.65. The Morgan fingerprint density at radius 2 is 2.00 bits per heavy atom. The lowest BCUT2D eigenvalue weighted by atomic mass is 10.1. The van der Waals surface area contributed by atoms with Crippen LogP contribution in [0.5, 0.6) is 0 Å². The number of quaternary nitrogens is 1. The van der Waals surface area contributed by atoms with Crippen molar-refractivity contribution in [3.05, 3.63) is 0 Å². The lowest BCUT2D eigenvalue weighted by Gasteiger charge is -2.22. The van der Waals surface area contributed by atoms with E-state index in [0.717, 1.165) is 0 Å². The van der Waals surface area contributed by atoms with Crippen molar-refractivity contribution >= 4 is 5.97 Å². The predicted molar refractivity (Wildman–Crippen MR) is 39.0 cm³/mol. The summed E-state index contributed by atoms with van der Waals surface area (Å²) in [6.45, 7) is 1.06. The summed E-state index contributed by atoms with van der Waals surface area (Å²) in [7, 11) is 3.85. The van der Waals surface area contributed by atoms with Gasteiger partial charge in [0.05, 0.1) is 20.6 Å². The maximum absolute atomic E-state index is 10.5. The largest absolute Gasteiger partial charge is 0.481 e. The van der Waals surface area contributed by atoms with Crippen molar-refractivity contribution in [2.75, 3.05) is 27.2 Å². The van der Waals surface area contributed by atoms with E-state index in [1.54, 1.807) is 0 Å². The second kappa shape index (κ2) is 2.46. The lowest BCUT2D eigenvalue weighted by molar-refractivity contribution is -0.880. The summed E-state index contributed by atoms with van der Waals surface area (Å²) in [5, 5.41) is 17.9. The van der Waals surface area contributed by atoms with Gasteiger partial charge in [-0.3, -0.25) is 4.79 Å². The molecule has 4 nitrogen and oxygen atoms in total. The van der Waals surface area contributed by atoms with Gasteiger partial charge in [-0.05, 0) is 0 Å². The number of carboxylic acids is 1. The van der Waals surface area contributed by atoms with Crippen LogP contribution >= 0.6 is 0 Å². The standard InChI is InChI=1S/C7H13NO3/c1-8(2)3-5(7(10)11)6(9)4-8/h5-6,9H,3-4H2,1-2H3/p+1/t5-,6+/m1/s1. The van der Waals surface area contributed by atoms with Crippen molar-refractivity contribution in [1.29, 1.82) is 0 Å². The Labute approximate surface area is 65.6 Å². The van der Waals surface area contributed by atoms with Crippen molar-refractivity contribution < 1.29 is 19.5 Å². The van der Waals surface area contributed by atoms with E-state index in [4.69, 9.17) is 5.11 Å². The molecule has 0 aromatic rings. The predicted octanol–water partition coefficient (Wildman–Crippen LogP) is -0.862. The molecular formula is C7H14NO3+. The molecule has 1 rings (SSSR count). The number of hydrogen-bond donors (Lipinski definition) is 2. The summed E-state index contributed by atoms with van der Waals surface area (Å²) in [5.74, 6) is -1.47. The van der Waals surface area contributed by atoms with Gasteiger partial charge in [0.15, 0.2) is 0 Å². The van der Waals surface area contributed by atoms with Crippen molar-refractivity contribution in [3.63, 3.8) is 0 Å². The second-order valence-corrected chi connectivity index (χ2v) is 3.81. The second-order valence-electron chi connectivity index (χ2n) is 3.81. The Kier molecular flexibility index (Phi) is 1.90. The molecule has 1 saturated heterocycles. The van der Waals surface area contributed by atoms with E-state index in [2.05, 4.69) is 0 Å². The highest BCUT2D eigenvalue weighted by Gasteiger charge is 2.43. The van der Waals surface area contributed by atoms with Gasteiger partial charge in [0, 0.05) is 0 Å². The van der Waals surface area contributed by atoms with Crippen molar-refractivity contribution in [2.45, 2.75) is 6.10 Å². The number of rotatable bonds is 1. The monoisotopic (exact) mass is 160 g/mol. The molecule has 0 aliphatic carbocycles. The molecule has 1 fully saturated rings. The van der Waals surface area contributed by atoms with Crippen LogP contribution in [0, 0.1) is 5.92 Å². The van der Waals surface area contributed by atoms with Gasteiger partial charge < -0.3 is 14.7 Å². The number of likely N-dealkylation sites (N-methyl/N-ethyl adjacent to an activating group) is 1. The number of nitrogens with zero attached hydrogens (tertiary/aromatic N) is 1. The zero-order valence-electron chi connectivity index (χ0n) is 6.82. The fourth-order valence-corrected chi connectivity index (χ4v) is 1.60. The van der Waals surface area contributed by atoms with E-state index in [9.17, 15) is 9.90 Å². The van der Waals surface area contributed by atoms with E-state index in [0.29, 0.717) is 17.6 Å². The van der Waals surface area contributed by atoms with Gasteiger partial charge in [-0.1, -0.05) is 0 Å². The van der Waals surface area contributed by atoms with E-state index in [-0.39, 0.29) is 0 Å². The maximum Gasteiger partial charge on any atom is 0.315 e. The zero-order chi connectivity index (χ0) is 8.65. The molecule has 0 saturated carbocycles. The highest BCUT2D eigenvalue weighted by atomic mass is 16.4. The molecule has 1 aliphatic heterocycles. The fourth-order valence-electron chi connectivity index (χ4n) is 1.60. The van der Waals surface area contributed by atoms with Crippen LogP contribution in [0.1, 0.15) is 0 Å². The number of carboxylic acid groups (broad SMARTS) is 1. The highest BCUT2D eigenvalue weighted by Crippen LogP contribution is 2.20. The average Bonchev–Trinajstić information content (AvgIpc) is 2.05. The van der Waals surface area contributed by atoms with Crippen LogP contribution in [-0.2, 0) is 4.79 Å². The molecule has 4 heteroatoms. The molecule has 1 heterocycles. The highest BCUT2D eigenvalue weighted by molar-refractivity contribution is 5.71. The number of hydrogen-bond acceptors (Lipinski definition) is 2. The third-order valence-corrected chi connectivity index (χ3v) is 2.15. The molecule has 1 aliphatic rings. The molecule has 0 aromatic carbocycles. The molecule has 0 unspecified atom stereocenters. The molecule has 11 heavy (non-hydrogen) atoms. The Morgan fingerprint density at radius 3 is 2.18 bits per heavy atom. The van der Waals surface area contributed by atoms with Crippen LogP contribution in [0.25, 0.3) is 0 Å². The van der Waals surface area contributed by atoms with E-state index < -0.39 is 18.0 Å². The van der Waals surface area contributed by atoms with Crippen LogP contribution in [0.15, 0.2) is 0 Å². The molecule has 0 aromatic heterocycles. The third kappa shape index (κ3) is 1.70. The number of aliphatic hydroxyl groups excluding tert-OH is 1. The fraction of sp³-hybridized carbons (Fsp3) is 0.857. The summed E-state index contributed by atoms with van der Waals surface area (Å²) < 4.78 is 0.595. The molecule has 64 valence electrons. The average molecular weight is 160 g/mol. The van der Waals surface area contributed by atoms with Gasteiger partial charge >= 0.3 is 5.97 Å². The minimum Gasteiger partial charge on any atom is -0.481 e. The first-order valence-electron chi connectivity index (χ1n) is 3.65. The number of carbonyl (C=O) groups is 1. The number of aliphatic hydroxyl groups is 1. The normalized spacial score (nSPS) is 35.5. The van der Waals surface area contributed by atoms with Crippen LogP contribution < -0.4 is 0 Å². The van der Waals surface area contributed by atoms with Gasteiger partial charge in [0.25, 0.3) is 0 Å². The van der Waals surface area contributed by atoms with Gasteiger partial charge in [0.2, 0.25) is 0 Å². The van der Waals surface area contributed by atoms with Crippen LogP contribution in [-0.4, -0.2) is 54.0 Å². The minimum absolute atomic E-state index is 0.524. The van der Waals surface area contributed by atoms with Crippen LogP contribution in [0.2, 0.25) is 0 Å². The van der Waals surface area contributed by atoms with Gasteiger partial charge in [-0.25, -0.2) is 0 Å². The molecule has 0 amide bonds. The Hall–Kier alpha value is -0.610. The van der Waals surface area contributed by atoms with Crippen molar-refractivity contribution in [1.82, 2.24) is 0 Å². The molecule has 0 bridgehead atoms. The van der Waals surface area contributed by atoms with E-state index in [1.165, 1.54) is 0 Å². The Balaban J connectivity index is 2.66. The van der Waals surface area contributed by atoms with E-state index >= 15 is 0 Å². The first kappa shape index (κ1) is 8.49. The van der Waals surface area contributed by atoms with E-state index in [1.807, 2.05) is 14.1 Å². The summed E-state index contributed by atoms with van der Waals surface area (Å²) in [6.07, 6.45) is -0.678. The van der Waals surface area contributed by atoms with Gasteiger partial charge in [-0.2, -0.15) is 0 Å². The Bertz CT molecular complexity index is 179. The number of likely N-dealkylation sites (tertiary alicyclic amines) is 1. The Morgan fingerprint density at radius 1 is 1.45 bits per heavy atom. The smallest absolute Gasteiger partial charge is 0.315 e. The summed E-state index contributed by atoms with van der Waals surface area (Å²) in [4.78, 5) is 10.5. The van der Waals surface area contributed by atoms with Crippen molar-refractivity contribution in [3.8, 4) is 0 Å². The third-order valence-electron chi connectivity index (χ3n) is 2.15. The number of aliphatic carboxylic acids is 1.